The van der Waals surface area contributed by atoms with Crippen molar-refractivity contribution < 1.29 is 10.1 Å². The van der Waals surface area contributed by atoms with Crippen molar-refractivity contribution in [1.29, 1.82) is 0 Å². The van der Waals surface area contributed by atoms with Gasteiger partial charge in [0.2, 0.25) is 5.91 Å². The maximum Gasteiger partial charge on any atom is 0.246 e. The first-order chi connectivity index (χ1) is 5.54. The Morgan fingerprint density at radius 2 is 2.17 bits per heavy atom. The molecule has 0 saturated carbocycles. The molecular formula is C9H19N2O+. The fourth-order valence-electron chi connectivity index (χ4n) is 0.753. The predicted molar refractivity (Wildman–Crippen MR) is 49.8 cm³/mol. The number of amides is 1. The Morgan fingerprint density at radius 1 is 1.58 bits per heavy atom. The molecule has 70 valence electrons. The average molecular weight is 171 g/mol. The largest absolute Gasteiger partial charge is 0.347 e. The highest BCUT2D eigenvalue weighted by molar-refractivity contribution is 5.91. The summed E-state index contributed by atoms with van der Waals surface area (Å²) in [6.45, 7) is 11.1. The van der Waals surface area contributed by atoms with Crippen LogP contribution in [-0.2, 0) is 4.79 Å². The topological polar surface area (TPSA) is 45.7 Å². The van der Waals surface area contributed by atoms with Crippen LogP contribution in [0, 0.1) is 0 Å². The van der Waals surface area contributed by atoms with E-state index in [0.717, 1.165) is 6.54 Å². The zero-order valence-electron chi connectivity index (χ0n) is 8.18. The minimum atomic E-state index is -0.0489. The quantitative estimate of drug-likeness (QED) is 0.431. The zero-order valence-corrected chi connectivity index (χ0v) is 8.18. The molecule has 0 aromatic heterocycles. The van der Waals surface area contributed by atoms with Crippen molar-refractivity contribution >= 4 is 5.91 Å². The average Bonchev–Trinajstić information content (AvgIpc) is 1.97. The molecule has 0 fully saturated rings. The van der Waals surface area contributed by atoms with Crippen molar-refractivity contribution in [1.82, 2.24) is 5.32 Å². The van der Waals surface area contributed by atoms with E-state index in [9.17, 15) is 4.79 Å². The van der Waals surface area contributed by atoms with Gasteiger partial charge in [0.15, 0.2) is 0 Å². The summed E-state index contributed by atoms with van der Waals surface area (Å²) in [5.41, 5.74) is 0.569. The molecular weight excluding hydrogens is 152 g/mol. The Balaban J connectivity index is 3.32. The molecule has 0 aromatic rings. The summed E-state index contributed by atoms with van der Waals surface area (Å²) in [5, 5.41) is 4.95. The number of nitrogens with one attached hydrogen (secondary N) is 1. The monoisotopic (exact) mass is 171 g/mol. The minimum Gasteiger partial charge on any atom is -0.347 e. The lowest BCUT2D eigenvalue weighted by atomic mass is 10.3. The van der Waals surface area contributed by atoms with Gasteiger partial charge in [0.1, 0.15) is 0 Å². The third kappa shape index (κ3) is 5.92. The second-order valence-electron chi connectivity index (χ2n) is 3.30. The van der Waals surface area contributed by atoms with E-state index in [1.807, 2.05) is 0 Å². The minimum absolute atomic E-state index is 0.0489. The van der Waals surface area contributed by atoms with E-state index in [1.165, 1.54) is 0 Å². The number of nitrogens with two attached hydrogens (primary N) is 1. The van der Waals surface area contributed by atoms with Crippen molar-refractivity contribution in [3.8, 4) is 0 Å². The van der Waals surface area contributed by atoms with E-state index in [4.69, 9.17) is 0 Å². The summed E-state index contributed by atoms with van der Waals surface area (Å²) in [6.07, 6.45) is 0. The van der Waals surface area contributed by atoms with Crippen LogP contribution in [0.1, 0.15) is 20.8 Å². The maximum atomic E-state index is 11.0. The zero-order chi connectivity index (χ0) is 9.56. The van der Waals surface area contributed by atoms with Crippen LogP contribution in [0.3, 0.4) is 0 Å². The third-order valence-electron chi connectivity index (χ3n) is 1.46. The first kappa shape index (κ1) is 11.2. The molecule has 0 rings (SSSR count). The Labute approximate surface area is 74.2 Å². The van der Waals surface area contributed by atoms with E-state index in [-0.39, 0.29) is 5.91 Å². The summed E-state index contributed by atoms with van der Waals surface area (Å²) in [7, 11) is 0. The third-order valence-corrected chi connectivity index (χ3v) is 1.46. The van der Waals surface area contributed by atoms with Gasteiger partial charge >= 0.3 is 0 Å². The van der Waals surface area contributed by atoms with Crippen molar-refractivity contribution in [3.05, 3.63) is 12.2 Å². The van der Waals surface area contributed by atoms with Gasteiger partial charge in [-0.05, 0) is 20.8 Å². The summed E-state index contributed by atoms with van der Waals surface area (Å²) in [4.78, 5) is 11.0. The van der Waals surface area contributed by atoms with Gasteiger partial charge in [0.05, 0.1) is 19.1 Å². The molecule has 0 saturated heterocycles. The van der Waals surface area contributed by atoms with Crippen molar-refractivity contribution in [2.45, 2.75) is 26.8 Å². The van der Waals surface area contributed by atoms with Crippen molar-refractivity contribution in [3.63, 3.8) is 0 Å². The van der Waals surface area contributed by atoms with E-state index < -0.39 is 0 Å². The number of hydrogen-bond donors (Lipinski definition) is 2. The smallest absolute Gasteiger partial charge is 0.246 e. The Hall–Kier alpha value is -0.830. The summed E-state index contributed by atoms with van der Waals surface area (Å²) in [6, 6.07) is 0.590. The van der Waals surface area contributed by atoms with Crippen LogP contribution in [0.4, 0.5) is 0 Å². The second-order valence-corrected chi connectivity index (χ2v) is 3.30. The SMILES string of the molecule is C=C(C)C(=O)NCC[NH2+]C(C)C. The fourth-order valence-corrected chi connectivity index (χ4v) is 0.753. The van der Waals surface area contributed by atoms with Gasteiger partial charge in [0.25, 0.3) is 0 Å². The van der Waals surface area contributed by atoms with Crippen LogP contribution < -0.4 is 10.6 Å². The first-order valence-corrected chi connectivity index (χ1v) is 4.31. The molecule has 0 aliphatic carbocycles. The number of carbonyl (C=O) groups excluding carboxylic acids is 1. The number of quaternary nitrogens is 1. The van der Waals surface area contributed by atoms with E-state index in [0.29, 0.717) is 18.2 Å². The summed E-state index contributed by atoms with van der Waals surface area (Å²) in [5.74, 6) is -0.0489. The maximum absolute atomic E-state index is 11.0. The standard InChI is InChI=1S/C9H18N2O/c1-7(2)9(12)11-6-5-10-8(3)4/h8,10H,1,5-6H2,2-4H3,(H,11,12)/p+1. The van der Waals surface area contributed by atoms with Gasteiger partial charge in [0, 0.05) is 5.57 Å². The molecule has 1 amide bonds. The van der Waals surface area contributed by atoms with Gasteiger partial charge < -0.3 is 10.6 Å². The molecule has 0 aliphatic heterocycles. The molecule has 0 bridgehead atoms. The number of rotatable bonds is 5. The molecule has 3 N–H and O–H groups in total. The molecule has 0 aromatic carbocycles. The van der Waals surface area contributed by atoms with Crippen molar-refractivity contribution in [2.24, 2.45) is 0 Å². The van der Waals surface area contributed by atoms with Gasteiger partial charge in [-0.1, -0.05) is 6.58 Å². The summed E-state index contributed by atoms with van der Waals surface area (Å²) < 4.78 is 0. The summed E-state index contributed by atoms with van der Waals surface area (Å²) >= 11 is 0. The normalized spacial score (nSPS) is 10.0. The molecule has 0 unspecified atom stereocenters. The Morgan fingerprint density at radius 3 is 2.58 bits per heavy atom. The lowest BCUT2D eigenvalue weighted by Gasteiger charge is -2.05. The highest BCUT2D eigenvalue weighted by Crippen LogP contribution is 1.83. The molecule has 0 aliphatic rings. The van der Waals surface area contributed by atoms with E-state index >= 15 is 0 Å². The van der Waals surface area contributed by atoms with Gasteiger partial charge in [-0.25, -0.2) is 0 Å². The lowest BCUT2D eigenvalue weighted by Crippen LogP contribution is -2.89. The Kier molecular flexibility index (Phi) is 5.37. The van der Waals surface area contributed by atoms with Crippen LogP contribution in [0.15, 0.2) is 12.2 Å². The predicted octanol–water partition coefficient (Wildman–Crippen LogP) is -0.349. The lowest BCUT2D eigenvalue weighted by molar-refractivity contribution is -0.681. The van der Waals surface area contributed by atoms with Crippen LogP contribution in [-0.4, -0.2) is 25.0 Å². The van der Waals surface area contributed by atoms with Crippen LogP contribution in [0.5, 0.6) is 0 Å². The highest BCUT2D eigenvalue weighted by atomic mass is 16.1. The molecule has 12 heavy (non-hydrogen) atoms. The Bertz CT molecular complexity index is 164. The van der Waals surface area contributed by atoms with Gasteiger partial charge in [-0.15, -0.1) is 0 Å². The van der Waals surface area contributed by atoms with Crippen molar-refractivity contribution in [2.75, 3.05) is 13.1 Å². The highest BCUT2D eigenvalue weighted by Gasteiger charge is 2.00. The van der Waals surface area contributed by atoms with Crippen LogP contribution >= 0.6 is 0 Å². The molecule has 0 atom stereocenters. The molecule has 0 radical (unpaired) electrons. The fraction of sp³-hybridized carbons (Fsp3) is 0.667. The molecule has 0 heterocycles. The van der Waals surface area contributed by atoms with E-state index in [2.05, 4.69) is 31.1 Å². The molecule has 3 heteroatoms. The second kappa shape index (κ2) is 5.77. The number of carbonyl (C=O) groups is 1. The first-order valence-electron chi connectivity index (χ1n) is 4.31. The van der Waals surface area contributed by atoms with Gasteiger partial charge in [-0.2, -0.15) is 0 Å². The van der Waals surface area contributed by atoms with E-state index in [1.54, 1.807) is 6.92 Å². The van der Waals surface area contributed by atoms with Crippen LogP contribution in [0.2, 0.25) is 0 Å². The van der Waals surface area contributed by atoms with Crippen LogP contribution in [0.25, 0.3) is 0 Å². The number of hydrogen-bond acceptors (Lipinski definition) is 1. The molecule has 0 spiro atoms. The van der Waals surface area contributed by atoms with Gasteiger partial charge in [-0.3, -0.25) is 4.79 Å². The molecule has 3 nitrogen and oxygen atoms in total.